The summed E-state index contributed by atoms with van der Waals surface area (Å²) in [5.41, 5.74) is 5.79. The van der Waals surface area contributed by atoms with Gasteiger partial charge in [-0.1, -0.05) is 13.8 Å². The van der Waals surface area contributed by atoms with Crippen molar-refractivity contribution in [2.75, 3.05) is 6.54 Å². The number of nitrogens with zero attached hydrogens (tertiary/aromatic N) is 1. The van der Waals surface area contributed by atoms with Gasteiger partial charge >= 0.3 is 5.97 Å². The van der Waals surface area contributed by atoms with Crippen LogP contribution < -0.4 is 21.7 Å². The monoisotopic (exact) mass is 412 g/mol. The Morgan fingerprint density at radius 3 is 2.21 bits per heavy atom. The molecule has 1 aromatic heterocycles. The summed E-state index contributed by atoms with van der Waals surface area (Å²) in [7, 11) is 0. The zero-order valence-electron chi connectivity index (χ0n) is 16.5. The molecular weight excluding hydrogens is 384 g/mol. The van der Waals surface area contributed by atoms with Crippen LogP contribution in [0.5, 0.6) is 0 Å². The van der Waals surface area contributed by atoms with Crippen LogP contribution in [-0.2, 0) is 25.6 Å². The van der Waals surface area contributed by atoms with Gasteiger partial charge in [0.25, 0.3) is 0 Å². The highest BCUT2D eigenvalue weighted by atomic mass is 16.4. The summed E-state index contributed by atoms with van der Waals surface area (Å²) in [5.74, 6) is -3.70. The molecule has 162 valence electrons. The minimum atomic E-state index is -1.55. The van der Waals surface area contributed by atoms with Crippen LogP contribution in [-0.4, -0.2) is 74.6 Å². The Morgan fingerprint density at radius 2 is 1.76 bits per heavy atom. The number of nitrogens with one attached hydrogen (secondary N) is 4. The van der Waals surface area contributed by atoms with Gasteiger partial charge in [-0.05, 0) is 12.8 Å². The molecule has 0 spiro atoms. The first kappa shape index (κ1) is 24.0. The number of carboxylic acid groups (broad SMARTS) is 1. The van der Waals surface area contributed by atoms with Gasteiger partial charge in [-0.25, -0.2) is 9.78 Å². The maximum atomic E-state index is 12.7. The average molecular weight is 412 g/mol. The summed E-state index contributed by atoms with van der Waals surface area (Å²) >= 11 is 0. The molecule has 0 aliphatic heterocycles. The van der Waals surface area contributed by atoms with E-state index in [0.29, 0.717) is 5.69 Å². The first-order chi connectivity index (χ1) is 13.6. The van der Waals surface area contributed by atoms with Gasteiger partial charge in [-0.2, -0.15) is 0 Å². The largest absolute Gasteiger partial charge is 0.480 e. The predicted octanol–water partition coefficient (Wildman–Crippen LogP) is -2.51. The van der Waals surface area contributed by atoms with E-state index in [4.69, 9.17) is 10.8 Å². The van der Waals surface area contributed by atoms with Crippen molar-refractivity contribution in [1.82, 2.24) is 25.9 Å². The van der Waals surface area contributed by atoms with E-state index < -0.39 is 47.9 Å². The van der Waals surface area contributed by atoms with E-state index >= 15 is 0 Å². The zero-order valence-corrected chi connectivity index (χ0v) is 16.5. The summed E-state index contributed by atoms with van der Waals surface area (Å²) in [6.45, 7) is 4.33. The Labute approximate surface area is 167 Å². The fraction of sp³-hybridized carbons (Fsp3) is 0.588. The van der Waals surface area contributed by atoms with E-state index in [-0.39, 0.29) is 18.9 Å². The second kappa shape index (κ2) is 11.1. The topological polar surface area (TPSA) is 200 Å². The van der Waals surface area contributed by atoms with Gasteiger partial charge in [0, 0.05) is 18.3 Å². The summed E-state index contributed by atoms with van der Waals surface area (Å²) in [6, 6.07) is -3.68. The van der Waals surface area contributed by atoms with Gasteiger partial charge in [-0.3, -0.25) is 14.4 Å². The summed E-state index contributed by atoms with van der Waals surface area (Å²) < 4.78 is 0. The lowest BCUT2D eigenvalue weighted by Crippen LogP contribution is -2.59. The molecule has 0 bridgehead atoms. The number of amides is 3. The Morgan fingerprint density at radius 1 is 1.10 bits per heavy atom. The van der Waals surface area contributed by atoms with E-state index in [1.54, 1.807) is 13.8 Å². The fourth-order valence-corrected chi connectivity index (χ4v) is 2.50. The van der Waals surface area contributed by atoms with Gasteiger partial charge in [0.15, 0.2) is 6.04 Å². The first-order valence-electron chi connectivity index (χ1n) is 9.05. The van der Waals surface area contributed by atoms with Crippen LogP contribution in [0.4, 0.5) is 0 Å². The second-order valence-corrected chi connectivity index (χ2v) is 6.90. The lowest BCUT2D eigenvalue weighted by atomic mass is 10.0. The molecule has 3 amide bonds. The third kappa shape index (κ3) is 7.50. The Kier molecular flexibility index (Phi) is 9.22. The van der Waals surface area contributed by atoms with Crippen molar-refractivity contribution in [1.29, 1.82) is 0 Å². The molecule has 4 atom stereocenters. The number of aromatic amines is 1. The molecule has 0 radical (unpaired) electrons. The number of nitrogens with two attached hydrogens (primary N) is 1. The van der Waals surface area contributed by atoms with Crippen LogP contribution in [0, 0.1) is 5.92 Å². The molecule has 0 saturated heterocycles. The van der Waals surface area contributed by atoms with E-state index in [1.165, 1.54) is 19.4 Å². The van der Waals surface area contributed by atoms with Crippen molar-refractivity contribution in [3.8, 4) is 0 Å². The van der Waals surface area contributed by atoms with Crippen LogP contribution in [0.1, 0.15) is 26.5 Å². The fourth-order valence-electron chi connectivity index (χ4n) is 2.50. The lowest BCUT2D eigenvalue weighted by molar-refractivity contribution is -0.145. The van der Waals surface area contributed by atoms with E-state index in [9.17, 15) is 24.3 Å². The average Bonchev–Trinajstić information content (AvgIpc) is 3.15. The number of carbonyl (C=O) groups is 4. The number of aliphatic carboxylic acids is 1. The third-order valence-electron chi connectivity index (χ3n) is 4.11. The van der Waals surface area contributed by atoms with Crippen LogP contribution in [0.2, 0.25) is 0 Å². The number of aliphatic hydroxyl groups is 1. The van der Waals surface area contributed by atoms with Crippen LogP contribution in [0.3, 0.4) is 0 Å². The van der Waals surface area contributed by atoms with E-state index in [0.717, 1.165) is 0 Å². The SMILES string of the molecule is CC(C)C(NC(=O)CN)C(=O)NC(Cc1cnc[nH]1)C(=O)NC(C(=O)O)C(C)O. The van der Waals surface area contributed by atoms with Crippen molar-refractivity contribution < 1.29 is 29.4 Å². The third-order valence-corrected chi connectivity index (χ3v) is 4.11. The van der Waals surface area contributed by atoms with Gasteiger partial charge < -0.3 is 36.9 Å². The summed E-state index contributed by atoms with van der Waals surface area (Å²) in [6.07, 6.45) is 1.47. The van der Waals surface area contributed by atoms with Crippen molar-refractivity contribution in [3.63, 3.8) is 0 Å². The minimum absolute atomic E-state index is 0.0145. The smallest absolute Gasteiger partial charge is 0.328 e. The zero-order chi connectivity index (χ0) is 22.1. The number of hydrogen-bond acceptors (Lipinski definition) is 7. The van der Waals surface area contributed by atoms with Gasteiger partial charge in [0.1, 0.15) is 12.1 Å². The Hall–Kier alpha value is -2.99. The molecule has 1 aromatic rings. The molecule has 12 nitrogen and oxygen atoms in total. The normalized spacial score (nSPS) is 15.1. The molecule has 4 unspecified atom stereocenters. The maximum Gasteiger partial charge on any atom is 0.328 e. The highest BCUT2D eigenvalue weighted by Crippen LogP contribution is 2.06. The molecule has 0 fully saturated rings. The number of carboxylic acids is 1. The predicted molar refractivity (Wildman–Crippen MR) is 101 cm³/mol. The molecule has 0 aliphatic rings. The van der Waals surface area contributed by atoms with Crippen molar-refractivity contribution >= 4 is 23.7 Å². The number of aromatic nitrogens is 2. The standard InChI is InChI=1S/C17H28N6O6/c1-8(2)13(22-12(25)5-18)16(27)21-11(4-10-6-19-7-20-10)15(26)23-14(9(3)24)17(28)29/h6-9,11,13-14,24H,4-5,18H2,1-3H3,(H,19,20)(H,21,27)(H,22,25)(H,23,26)(H,28,29). The van der Waals surface area contributed by atoms with Crippen molar-refractivity contribution in [2.45, 2.75) is 51.4 Å². The van der Waals surface area contributed by atoms with Gasteiger partial charge in [0.2, 0.25) is 17.7 Å². The lowest BCUT2D eigenvalue weighted by Gasteiger charge is -2.26. The number of rotatable bonds is 11. The quantitative estimate of drug-likeness (QED) is 0.206. The van der Waals surface area contributed by atoms with Crippen LogP contribution >= 0.6 is 0 Å². The molecule has 0 saturated carbocycles. The number of carbonyl (C=O) groups excluding carboxylic acids is 3. The maximum absolute atomic E-state index is 12.7. The Bertz CT molecular complexity index is 705. The number of hydrogen-bond donors (Lipinski definition) is 7. The first-order valence-corrected chi connectivity index (χ1v) is 9.05. The molecule has 8 N–H and O–H groups in total. The molecule has 29 heavy (non-hydrogen) atoms. The molecule has 0 aliphatic carbocycles. The highest BCUT2D eigenvalue weighted by Gasteiger charge is 2.32. The van der Waals surface area contributed by atoms with Crippen molar-refractivity contribution in [2.24, 2.45) is 11.7 Å². The number of aliphatic hydroxyl groups excluding tert-OH is 1. The second-order valence-electron chi connectivity index (χ2n) is 6.90. The molecular formula is C17H28N6O6. The van der Waals surface area contributed by atoms with Gasteiger partial charge in [-0.15, -0.1) is 0 Å². The van der Waals surface area contributed by atoms with Crippen molar-refractivity contribution in [3.05, 3.63) is 18.2 Å². The van der Waals surface area contributed by atoms with Crippen LogP contribution in [0.15, 0.2) is 12.5 Å². The number of imidazole rings is 1. The minimum Gasteiger partial charge on any atom is -0.480 e. The summed E-state index contributed by atoms with van der Waals surface area (Å²) in [5, 5.41) is 26.0. The number of H-pyrrole nitrogens is 1. The van der Waals surface area contributed by atoms with E-state index in [1.807, 2.05) is 0 Å². The molecule has 0 aromatic carbocycles. The Balaban J connectivity index is 3.01. The van der Waals surface area contributed by atoms with E-state index in [2.05, 4.69) is 25.9 Å². The molecule has 12 heteroatoms. The summed E-state index contributed by atoms with van der Waals surface area (Å²) in [4.78, 5) is 54.8. The van der Waals surface area contributed by atoms with Gasteiger partial charge in [0.05, 0.1) is 19.0 Å². The highest BCUT2D eigenvalue weighted by molar-refractivity contribution is 5.93. The van der Waals surface area contributed by atoms with Crippen LogP contribution in [0.25, 0.3) is 0 Å². The molecule has 1 rings (SSSR count). The molecule has 1 heterocycles.